The molecule has 0 spiro atoms. The predicted octanol–water partition coefficient (Wildman–Crippen LogP) is 2.81. The number of nitrogens with one attached hydrogen (secondary N) is 1. The lowest BCUT2D eigenvalue weighted by Crippen LogP contribution is -2.22. The van der Waals surface area contributed by atoms with Crippen LogP contribution in [-0.2, 0) is 10.0 Å². The largest absolute Gasteiger partial charge is 0.274 e. The zero-order valence-corrected chi connectivity index (χ0v) is 13.9. The highest BCUT2D eigenvalue weighted by molar-refractivity contribution is 7.94. The first-order valence-corrected chi connectivity index (χ1v) is 9.78. The standard InChI is InChI=1S/C14H18N4O2S2/c1-9-6-13(17-22(19,20)14-4-5-15-21-14)18(16-9)12-8-10-2-3-11(12)7-10/h4-6,10-12,17H,2-3,7-8H2,1H3. The Labute approximate surface area is 133 Å². The minimum absolute atomic E-state index is 0.228. The van der Waals surface area contributed by atoms with Crippen molar-refractivity contribution in [3.05, 3.63) is 24.0 Å². The summed E-state index contributed by atoms with van der Waals surface area (Å²) < 4.78 is 33.5. The van der Waals surface area contributed by atoms with Crippen LogP contribution in [0.4, 0.5) is 5.82 Å². The smallest absolute Gasteiger partial charge is 0.263 e. The second kappa shape index (κ2) is 5.06. The van der Waals surface area contributed by atoms with Gasteiger partial charge in [0.1, 0.15) is 5.82 Å². The van der Waals surface area contributed by atoms with Crippen LogP contribution in [0.5, 0.6) is 0 Å². The molecule has 118 valence electrons. The van der Waals surface area contributed by atoms with Crippen molar-refractivity contribution in [1.29, 1.82) is 0 Å². The number of nitrogens with zero attached hydrogens (tertiary/aromatic N) is 3. The molecule has 2 bridgehead atoms. The molecule has 2 aromatic heterocycles. The Morgan fingerprint density at radius 3 is 2.86 bits per heavy atom. The average Bonchev–Trinajstić information content (AvgIpc) is 3.22. The van der Waals surface area contributed by atoms with Crippen molar-refractivity contribution in [2.24, 2.45) is 11.8 Å². The Bertz CT molecular complexity index is 782. The van der Waals surface area contributed by atoms with Crippen LogP contribution in [0.15, 0.2) is 22.5 Å². The SMILES string of the molecule is Cc1cc(NS(=O)(=O)c2ccns2)n(C2CC3CCC2C3)n1. The van der Waals surface area contributed by atoms with E-state index in [0.29, 0.717) is 17.8 Å². The Balaban J connectivity index is 1.66. The van der Waals surface area contributed by atoms with E-state index in [1.807, 2.05) is 17.7 Å². The summed E-state index contributed by atoms with van der Waals surface area (Å²) in [6.07, 6.45) is 6.40. The molecule has 1 N–H and O–H groups in total. The van der Waals surface area contributed by atoms with Crippen LogP contribution in [-0.4, -0.2) is 22.6 Å². The number of aryl methyl sites for hydroxylation is 1. The molecule has 0 amide bonds. The molecule has 2 fully saturated rings. The topological polar surface area (TPSA) is 76.9 Å². The minimum Gasteiger partial charge on any atom is -0.263 e. The average molecular weight is 338 g/mol. The minimum atomic E-state index is -3.58. The highest BCUT2D eigenvalue weighted by Gasteiger charge is 2.41. The summed E-state index contributed by atoms with van der Waals surface area (Å²) in [5, 5.41) is 4.55. The van der Waals surface area contributed by atoms with E-state index in [0.717, 1.165) is 29.6 Å². The summed E-state index contributed by atoms with van der Waals surface area (Å²) >= 11 is 0.976. The summed E-state index contributed by atoms with van der Waals surface area (Å²) in [6.45, 7) is 1.90. The van der Waals surface area contributed by atoms with Gasteiger partial charge in [-0.2, -0.15) is 9.47 Å². The quantitative estimate of drug-likeness (QED) is 0.930. The first kappa shape index (κ1) is 14.2. The maximum Gasteiger partial charge on any atom is 0.274 e. The van der Waals surface area contributed by atoms with E-state index in [-0.39, 0.29) is 4.21 Å². The number of hydrogen-bond acceptors (Lipinski definition) is 5. The number of anilines is 1. The molecule has 2 heterocycles. The van der Waals surface area contributed by atoms with Gasteiger partial charge in [0.05, 0.1) is 11.7 Å². The van der Waals surface area contributed by atoms with Crippen LogP contribution in [0.2, 0.25) is 0 Å². The van der Waals surface area contributed by atoms with Crippen LogP contribution < -0.4 is 4.72 Å². The van der Waals surface area contributed by atoms with Crippen LogP contribution in [0.25, 0.3) is 0 Å². The van der Waals surface area contributed by atoms with E-state index in [2.05, 4.69) is 14.2 Å². The van der Waals surface area contributed by atoms with Gasteiger partial charge in [0.15, 0.2) is 4.21 Å². The second-order valence-electron chi connectivity index (χ2n) is 6.29. The van der Waals surface area contributed by atoms with Gasteiger partial charge in [-0.1, -0.05) is 6.42 Å². The first-order chi connectivity index (χ1) is 10.5. The molecule has 2 aliphatic carbocycles. The molecule has 3 unspecified atom stereocenters. The number of aromatic nitrogens is 3. The fraction of sp³-hybridized carbons (Fsp3) is 0.571. The number of rotatable bonds is 4. The Hall–Kier alpha value is -1.41. The van der Waals surface area contributed by atoms with Gasteiger partial charge in [0.25, 0.3) is 10.0 Å². The normalized spacial score (nSPS) is 27.4. The van der Waals surface area contributed by atoms with Crippen molar-refractivity contribution in [3.63, 3.8) is 0 Å². The summed E-state index contributed by atoms with van der Waals surface area (Å²) in [4.78, 5) is 0. The van der Waals surface area contributed by atoms with E-state index in [1.54, 1.807) is 0 Å². The number of sulfonamides is 1. The maximum absolute atomic E-state index is 12.4. The summed E-state index contributed by atoms with van der Waals surface area (Å²) in [7, 11) is -3.58. The van der Waals surface area contributed by atoms with Crippen LogP contribution in [0.1, 0.15) is 37.4 Å². The van der Waals surface area contributed by atoms with E-state index >= 15 is 0 Å². The molecule has 0 aliphatic heterocycles. The van der Waals surface area contributed by atoms with E-state index < -0.39 is 10.0 Å². The van der Waals surface area contributed by atoms with E-state index in [9.17, 15) is 8.42 Å². The molecule has 8 heteroatoms. The van der Waals surface area contributed by atoms with Crippen molar-refractivity contribution in [1.82, 2.24) is 14.2 Å². The molecule has 6 nitrogen and oxygen atoms in total. The summed E-state index contributed by atoms with van der Waals surface area (Å²) in [5.74, 6) is 1.99. The number of fused-ring (bicyclic) bond motifs is 2. The maximum atomic E-state index is 12.4. The summed E-state index contributed by atoms with van der Waals surface area (Å²) in [6, 6.07) is 3.65. The molecule has 3 atom stereocenters. The van der Waals surface area contributed by atoms with Gasteiger partial charge in [-0.3, -0.25) is 4.72 Å². The Morgan fingerprint density at radius 2 is 2.23 bits per heavy atom. The van der Waals surface area contributed by atoms with Crippen molar-refractivity contribution in [3.8, 4) is 0 Å². The third-order valence-corrected chi connectivity index (χ3v) is 7.36. The van der Waals surface area contributed by atoms with Gasteiger partial charge in [0.2, 0.25) is 0 Å². The van der Waals surface area contributed by atoms with Crippen LogP contribution >= 0.6 is 11.5 Å². The summed E-state index contributed by atoms with van der Waals surface area (Å²) in [5.41, 5.74) is 0.838. The molecule has 0 saturated heterocycles. The zero-order chi connectivity index (χ0) is 15.3. The number of hydrogen-bond donors (Lipinski definition) is 1. The van der Waals surface area contributed by atoms with Gasteiger partial charge in [0, 0.05) is 12.3 Å². The lowest BCUT2D eigenvalue weighted by Gasteiger charge is -2.24. The molecular weight excluding hydrogens is 320 g/mol. The fourth-order valence-electron chi connectivity index (χ4n) is 3.89. The molecule has 4 rings (SSSR count). The van der Waals surface area contributed by atoms with Crippen LogP contribution in [0.3, 0.4) is 0 Å². The molecule has 2 aromatic rings. The van der Waals surface area contributed by atoms with Gasteiger partial charge in [-0.25, -0.2) is 13.1 Å². The fourth-order valence-corrected chi connectivity index (χ4v) is 5.65. The van der Waals surface area contributed by atoms with Crippen molar-refractivity contribution < 1.29 is 8.42 Å². The van der Waals surface area contributed by atoms with Gasteiger partial charge < -0.3 is 0 Å². The van der Waals surface area contributed by atoms with Gasteiger partial charge in [-0.15, -0.1) is 0 Å². The molecular formula is C14H18N4O2S2. The molecule has 0 radical (unpaired) electrons. The molecule has 2 saturated carbocycles. The Kier molecular flexibility index (Phi) is 3.26. The van der Waals surface area contributed by atoms with Crippen molar-refractivity contribution >= 4 is 27.4 Å². The van der Waals surface area contributed by atoms with E-state index in [4.69, 9.17) is 0 Å². The first-order valence-electron chi connectivity index (χ1n) is 7.52. The van der Waals surface area contributed by atoms with Crippen molar-refractivity contribution in [2.75, 3.05) is 4.72 Å². The highest BCUT2D eigenvalue weighted by Crippen LogP contribution is 2.51. The molecule has 0 aromatic carbocycles. The van der Waals surface area contributed by atoms with Gasteiger partial charge >= 0.3 is 0 Å². The monoisotopic (exact) mass is 338 g/mol. The third-order valence-electron chi connectivity index (χ3n) is 4.79. The Morgan fingerprint density at radius 1 is 1.36 bits per heavy atom. The van der Waals surface area contributed by atoms with Crippen molar-refractivity contribution in [2.45, 2.75) is 42.9 Å². The third kappa shape index (κ3) is 2.34. The van der Waals surface area contributed by atoms with Crippen LogP contribution in [0, 0.1) is 18.8 Å². The second-order valence-corrected chi connectivity index (χ2v) is 9.04. The lowest BCUT2D eigenvalue weighted by atomic mass is 9.95. The van der Waals surface area contributed by atoms with E-state index in [1.165, 1.54) is 31.5 Å². The van der Waals surface area contributed by atoms with Gasteiger partial charge in [-0.05, 0) is 55.6 Å². The molecule has 2 aliphatic rings. The predicted molar refractivity (Wildman–Crippen MR) is 84.4 cm³/mol. The zero-order valence-electron chi connectivity index (χ0n) is 12.3. The molecule has 22 heavy (non-hydrogen) atoms. The highest BCUT2D eigenvalue weighted by atomic mass is 32.2. The lowest BCUT2D eigenvalue weighted by molar-refractivity contribution is 0.309.